The molecule has 1 aliphatic heterocycles. The summed E-state index contributed by atoms with van der Waals surface area (Å²) in [5.74, 6) is -0.0782. The number of Topliss-reactive ketones (excluding diaryl/α,β-unsaturated/α-hetero) is 1. The third-order valence-electron chi connectivity index (χ3n) is 4.08. The van der Waals surface area contributed by atoms with Crippen LogP contribution in [0, 0.1) is 11.3 Å². The molecule has 0 saturated heterocycles. The second-order valence-electron chi connectivity index (χ2n) is 5.43. The molecule has 1 aromatic carbocycles. The highest BCUT2D eigenvalue weighted by molar-refractivity contribution is 9.10. The van der Waals surface area contributed by atoms with Gasteiger partial charge in [-0.05, 0) is 37.5 Å². The van der Waals surface area contributed by atoms with Gasteiger partial charge in [0.25, 0.3) is 0 Å². The molecule has 1 aromatic rings. The molecule has 0 aromatic heterocycles. The predicted octanol–water partition coefficient (Wildman–Crippen LogP) is 3.94. The van der Waals surface area contributed by atoms with Gasteiger partial charge >= 0.3 is 0 Å². The van der Waals surface area contributed by atoms with Gasteiger partial charge in [-0.15, -0.1) is 0 Å². The fourth-order valence-corrected chi connectivity index (χ4v) is 3.57. The number of ketones is 1. The first-order chi connectivity index (χ1) is 10.1. The van der Waals surface area contributed by atoms with Gasteiger partial charge in [-0.1, -0.05) is 28.1 Å². The average molecular weight is 343 g/mol. The summed E-state index contributed by atoms with van der Waals surface area (Å²) in [6.45, 7) is 1.91. The van der Waals surface area contributed by atoms with Gasteiger partial charge < -0.3 is 5.32 Å². The van der Waals surface area contributed by atoms with E-state index in [2.05, 4.69) is 27.3 Å². The monoisotopic (exact) mass is 342 g/mol. The first kappa shape index (κ1) is 14.1. The van der Waals surface area contributed by atoms with Crippen LogP contribution in [-0.2, 0) is 4.79 Å². The molecule has 1 unspecified atom stereocenters. The smallest absolute Gasteiger partial charge is 0.161 e. The van der Waals surface area contributed by atoms with Gasteiger partial charge in [-0.25, -0.2) is 0 Å². The zero-order valence-electron chi connectivity index (χ0n) is 11.7. The quantitative estimate of drug-likeness (QED) is 0.840. The Morgan fingerprint density at radius 1 is 1.38 bits per heavy atom. The average Bonchev–Trinajstić information content (AvgIpc) is 2.46. The van der Waals surface area contributed by atoms with Gasteiger partial charge in [0, 0.05) is 27.9 Å². The summed E-state index contributed by atoms with van der Waals surface area (Å²) in [5, 5.41) is 12.8. The van der Waals surface area contributed by atoms with Crippen LogP contribution in [0.3, 0.4) is 0 Å². The molecule has 0 radical (unpaired) electrons. The highest BCUT2D eigenvalue weighted by Crippen LogP contribution is 2.42. The van der Waals surface area contributed by atoms with Crippen molar-refractivity contribution in [1.29, 1.82) is 5.26 Å². The molecule has 0 amide bonds. The topological polar surface area (TPSA) is 52.9 Å². The van der Waals surface area contributed by atoms with Crippen LogP contribution in [-0.4, -0.2) is 5.78 Å². The Hall–Kier alpha value is -1.86. The number of carbonyl (C=O) groups excluding carboxylic acids is 1. The van der Waals surface area contributed by atoms with Crippen molar-refractivity contribution < 1.29 is 4.79 Å². The van der Waals surface area contributed by atoms with Crippen molar-refractivity contribution in [2.75, 3.05) is 0 Å². The summed E-state index contributed by atoms with van der Waals surface area (Å²) in [6, 6.07) is 10.2. The van der Waals surface area contributed by atoms with Crippen molar-refractivity contribution >= 4 is 21.7 Å². The highest BCUT2D eigenvalue weighted by atomic mass is 79.9. The van der Waals surface area contributed by atoms with E-state index in [9.17, 15) is 10.1 Å². The molecule has 21 heavy (non-hydrogen) atoms. The third kappa shape index (κ3) is 2.43. The lowest BCUT2D eigenvalue weighted by Crippen LogP contribution is -2.31. The molecule has 3 nitrogen and oxygen atoms in total. The van der Waals surface area contributed by atoms with E-state index in [-0.39, 0.29) is 11.7 Å². The van der Waals surface area contributed by atoms with Crippen LogP contribution in [0.15, 0.2) is 51.3 Å². The minimum atomic E-state index is -0.239. The van der Waals surface area contributed by atoms with Crippen molar-refractivity contribution in [1.82, 2.24) is 5.32 Å². The molecule has 0 fully saturated rings. The second kappa shape index (κ2) is 5.50. The van der Waals surface area contributed by atoms with Gasteiger partial charge in [0.2, 0.25) is 0 Å². The molecule has 1 heterocycles. The SMILES string of the molecule is CC1=C(C#N)C(c2cccc(Br)c2)C2=C(CCCC2=O)N1. The summed E-state index contributed by atoms with van der Waals surface area (Å²) < 4.78 is 0.957. The number of nitrogens with zero attached hydrogens (tertiary/aromatic N) is 1. The Bertz CT molecular complexity index is 725. The van der Waals surface area contributed by atoms with Crippen molar-refractivity contribution in [3.63, 3.8) is 0 Å². The first-order valence-electron chi connectivity index (χ1n) is 7.01. The zero-order chi connectivity index (χ0) is 15.0. The zero-order valence-corrected chi connectivity index (χ0v) is 13.3. The lowest BCUT2D eigenvalue weighted by Gasteiger charge is -2.32. The number of benzene rings is 1. The van der Waals surface area contributed by atoms with Crippen LogP contribution in [0.5, 0.6) is 0 Å². The largest absolute Gasteiger partial charge is 0.361 e. The minimum absolute atomic E-state index is 0.161. The standard InChI is InChI=1S/C17H15BrN2O/c1-10-13(9-19)16(11-4-2-5-12(18)8-11)17-14(20-10)6-3-7-15(17)21/h2,4-5,8,16,20H,3,6-7H2,1H3. The molecule has 106 valence electrons. The fraction of sp³-hybridized carbons (Fsp3) is 0.294. The minimum Gasteiger partial charge on any atom is -0.361 e. The highest BCUT2D eigenvalue weighted by Gasteiger charge is 2.35. The van der Waals surface area contributed by atoms with Crippen molar-refractivity contribution in [3.05, 3.63) is 56.8 Å². The molecular formula is C17H15BrN2O. The number of allylic oxidation sites excluding steroid dienone is 4. The maximum Gasteiger partial charge on any atom is 0.161 e. The number of hydrogen-bond donors (Lipinski definition) is 1. The number of carbonyl (C=O) groups is 1. The summed E-state index contributed by atoms with van der Waals surface area (Å²) >= 11 is 3.47. The van der Waals surface area contributed by atoms with E-state index in [1.807, 2.05) is 31.2 Å². The van der Waals surface area contributed by atoms with Crippen molar-refractivity contribution in [3.8, 4) is 6.07 Å². The molecule has 1 aliphatic carbocycles. The lowest BCUT2D eigenvalue weighted by molar-refractivity contribution is -0.116. The Morgan fingerprint density at radius 2 is 2.19 bits per heavy atom. The summed E-state index contributed by atoms with van der Waals surface area (Å²) in [5.41, 5.74) is 4.26. The molecule has 2 aliphatic rings. The van der Waals surface area contributed by atoms with E-state index >= 15 is 0 Å². The van der Waals surface area contributed by atoms with Gasteiger partial charge in [-0.3, -0.25) is 4.79 Å². The summed E-state index contributed by atoms with van der Waals surface area (Å²) in [7, 11) is 0. The summed E-state index contributed by atoms with van der Waals surface area (Å²) in [4.78, 5) is 12.4. The van der Waals surface area contributed by atoms with Crippen LogP contribution in [0.2, 0.25) is 0 Å². The van der Waals surface area contributed by atoms with Crippen molar-refractivity contribution in [2.45, 2.75) is 32.1 Å². The number of dihydropyridines is 1. The number of rotatable bonds is 1. The van der Waals surface area contributed by atoms with Gasteiger partial charge in [-0.2, -0.15) is 5.26 Å². The summed E-state index contributed by atoms with van der Waals surface area (Å²) in [6.07, 6.45) is 2.33. The lowest BCUT2D eigenvalue weighted by atomic mass is 9.76. The van der Waals surface area contributed by atoms with E-state index in [1.165, 1.54) is 0 Å². The van der Waals surface area contributed by atoms with Crippen LogP contribution < -0.4 is 5.32 Å². The van der Waals surface area contributed by atoms with Crippen LogP contribution in [0.25, 0.3) is 0 Å². The van der Waals surface area contributed by atoms with E-state index in [1.54, 1.807) is 0 Å². The third-order valence-corrected chi connectivity index (χ3v) is 4.57. The predicted molar refractivity (Wildman–Crippen MR) is 84.2 cm³/mol. The van der Waals surface area contributed by atoms with Gasteiger partial charge in [0.05, 0.1) is 17.6 Å². The number of nitriles is 1. The Balaban J connectivity index is 2.20. The van der Waals surface area contributed by atoms with E-state index in [4.69, 9.17) is 0 Å². The van der Waals surface area contributed by atoms with E-state index in [0.717, 1.165) is 39.8 Å². The van der Waals surface area contributed by atoms with E-state index in [0.29, 0.717) is 12.0 Å². The Labute approximate surface area is 132 Å². The molecule has 1 N–H and O–H groups in total. The second-order valence-corrected chi connectivity index (χ2v) is 6.35. The molecule has 4 heteroatoms. The van der Waals surface area contributed by atoms with Crippen LogP contribution in [0.4, 0.5) is 0 Å². The fourth-order valence-electron chi connectivity index (χ4n) is 3.15. The number of hydrogen-bond acceptors (Lipinski definition) is 3. The van der Waals surface area contributed by atoms with Gasteiger partial charge in [0.1, 0.15) is 0 Å². The molecule has 0 spiro atoms. The molecule has 1 atom stereocenters. The normalized spacial score (nSPS) is 21.8. The maximum absolute atomic E-state index is 12.4. The van der Waals surface area contributed by atoms with Crippen molar-refractivity contribution in [2.24, 2.45) is 0 Å². The maximum atomic E-state index is 12.4. The van der Waals surface area contributed by atoms with Crippen LogP contribution >= 0.6 is 15.9 Å². The van der Waals surface area contributed by atoms with Gasteiger partial charge in [0.15, 0.2) is 5.78 Å². The first-order valence-corrected chi connectivity index (χ1v) is 7.80. The van der Waals surface area contributed by atoms with E-state index < -0.39 is 0 Å². The Morgan fingerprint density at radius 3 is 2.90 bits per heavy atom. The number of halogens is 1. The molecular weight excluding hydrogens is 328 g/mol. The molecule has 3 rings (SSSR count). The van der Waals surface area contributed by atoms with Crippen LogP contribution in [0.1, 0.15) is 37.7 Å². The molecule has 0 bridgehead atoms. The Kier molecular flexibility index (Phi) is 3.69. The molecule has 0 saturated carbocycles. The number of nitrogens with one attached hydrogen (secondary N) is 1.